The van der Waals surface area contributed by atoms with Crippen LogP contribution in [0.4, 0.5) is 13.2 Å². The Morgan fingerprint density at radius 1 is 1.19 bits per heavy atom. The summed E-state index contributed by atoms with van der Waals surface area (Å²) in [5, 5.41) is 9.14. The normalized spacial score (nSPS) is 25.0. The van der Waals surface area contributed by atoms with Crippen molar-refractivity contribution in [2.24, 2.45) is 0 Å². The van der Waals surface area contributed by atoms with E-state index in [1.165, 1.54) is 12.1 Å². The van der Waals surface area contributed by atoms with Crippen molar-refractivity contribution in [3.05, 3.63) is 29.8 Å². The fourth-order valence-electron chi connectivity index (χ4n) is 1.88. The molecule has 2 nitrogen and oxygen atoms in total. The fraction of sp³-hybridized carbons (Fsp3) is 0.455. The Bertz CT molecular complexity index is 370. The van der Waals surface area contributed by atoms with Gasteiger partial charge in [0.15, 0.2) is 0 Å². The van der Waals surface area contributed by atoms with Crippen LogP contribution in [0, 0.1) is 0 Å². The average Bonchev–Trinajstić information content (AvgIpc) is 2.12. The van der Waals surface area contributed by atoms with Gasteiger partial charge in [0.2, 0.25) is 0 Å². The molecule has 0 atom stereocenters. The highest BCUT2D eigenvalue weighted by molar-refractivity contribution is 5.37. The molecule has 0 spiro atoms. The van der Waals surface area contributed by atoms with Crippen molar-refractivity contribution in [3.63, 3.8) is 0 Å². The molecule has 1 N–H and O–H groups in total. The van der Waals surface area contributed by atoms with Gasteiger partial charge in [-0.15, -0.1) is 13.2 Å². The Morgan fingerprint density at radius 3 is 2.38 bits per heavy atom. The third-order valence-electron chi connectivity index (χ3n) is 2.70. The first-order valence-corrected chi connectivity index (χ1v) is 4.98. The zero-order valence-corrected chi connectivity index (χ0v) is 8.37. The molecule has 1 fully saturated rings. The second-order valence-corrected chi connectivity index (χ2v) is 3.91. The van der Waals surface area contributed by atoms with E-state index in [1.54, 1.807) is 12.1 Å². The first-order chi connectivity index (χ1) is 7.46. The minimum atomic E-state index is -4.67. The van der Waals surface area contributed by atoms with E-state index in [1.807, 2.05) is 0 Å². The molecule has 0 radical (unpaired) electrons. The first-order valence-electron chi connectivity index (χ1n) is 4.98. The zero-order valence-electron chi connectivity index (χ0n) is 8.37. The maximum atomic E-state index is 12.1. The van der Waals surface area contributed by atoms with Crippen molar-refractivity contribution < 1.29 is 23.0 Å². The number of ether oxygens (including phenoxy) is 1. The maximum absolute atomic E-state index is 12.1. The van der Waals surface area contributed by atoms with Crippen LogP contribution in [-0.2, 0) is 0 Å². The second kappa shape index (κ2) is 3.97. The number of halogens is 3. The van der Waals surface area contributed by atoms with Crippen LogP contribution in [0.15, 0.2) is 24.3 Å². The van der Waals surface area contributed by atoms with Crippen LogP contribution in [0.1, 0.15) is 24.3 Å². The van der Waals surface area contributed by atoms with E-state index in [0.717, 1.165) is 0 Å². The molecular formula is C11H11F3O2. The van der Waals surface area contributed by atoms with Crippen molar-refractivity contribution in [1.29, 1.82) is 0 Å². The maximum Gasteiger partial charge on any atom is 0.573 e. The topological polar surface area (TPSA) is 29.5 Å². The lowest BCUT2D eigenvalue weighted by molar-refractivity contribution is -0.275. The first kappa shape index (κ1) is 11.3. The lowest BCUT2D eigenvalue weighted by Gasteiger charge is -2.32. The standard InChI is InChI=1S/C11H11F3O2/c12-11(13,14)16-10-4-2-1-3-9(10)7-5-8(15)6-7/h1-4,7-8,15H,5-6H2. The second-order valence-electron chi connectivity index (χ2n) is 3.91. The van der Waals surface area contributed by atoms with Gasteiger partial charge in [-0.2, -0.15) is 0 Å². The van der Waals surface area contributed by atoms with E-state index in [9.17, 15) is 13.2 Å². The fourth-order valence-corrected chi connectivity index (χ4v) is 1.88. The van der Waals surface area contributed by atoms with Gasteiger partial charge >= 0.3 is 6.36 Å². The monoisotopic (exact) mass is 232 g/mol. The van der Waals surface area contributed by atoms with Gasteiger partial charge in [0.25, 0.3) is 0 Å². The van der Waals surface area contributed by atoms with E-state index < -0.39 is 12.5 Å². The number of hydrogen-bond acceptors (Lipinski definition) is 2. The average molecular weight is 232 g/mol. The third-order valence-corrected chi connectivity index (χ3v) is 2.70. The molecule has 0 aliphatic heterocycles. The summed E-state index contributed by atoms with van der Waals surface area (Å²) in [5.74, 6) is -0.194. The lowest BCUT2D eigenvalue weighted by atomic mass is 9.77. The molecule has 0 unspecified atom stereocenters. The summed E-state index contributed by atoms with van der Waals surface area (Å²) < 4.78 is 40.3. The molecule has 2 rings (SSSR count). The molecule has 1 saturated carbocycles. The molecule has 1 aliphatic carbocycles. The number of benzene rings is 1. The van der Waals surface area contributed by atoms with Crippen molar-refractivity contribution in [1.82, 2.24) is 0 Å². The Morgan fingerprint density at radius 2 is 1.81 bits per heavy atom. The summed E-state index contributed by atoms with van der Waals surface area (Å²) in [6.45, 7) is 0. The van der Waals surface area contributed by atoms with Gasteiger partial charge in [0.1, 0.15) is 5.75 Å². The minimum absolute atomic E-state index is 0.0338. The Labute approximate surface area is 90.7 Å². The highest BCUT2D eigenvalue weighted by Gasteiger charge is 2.35. The van der Waals surface area contributed by atoms with Gasteiger partial charge in [-0.05, 0) is 30.4 Å². The predicted octanol–water partition coefficient (Wildman–Crippen LogP) is 2.82. The van der Waals surface area contributed by atoms with Gasteiger partial charge < -0.3 is 9.84 Å². The molecular weight excluding hydrogens is 221 g/mol. The molecule has 0 heterocycles. The molecule has 5 heteroatoms. The van der Waals surface area contributed by atoms with Crippen molar-refractivity contribution >= 4 is 0 Å². The molecule has 0 saturated heterocycles. The highest BCUT2D eigenvalue weighted by atomic mass is 19.4. The van der Waals surface area contributed by atoms with Crippen LogP contribution < -0.4 is 4.74 Å². The number of hydrogen-bond donors (Lipinski definition) is 1. The number of alkyl halides is 3. The van der Waals surface area contributed by atoms with Crippen LogP contribution in [0.3, 0.4) is 0 Å². The Balaban J connectivity index is 2.18. The molecule has 1 aromatic carbocycles. The molecule has 0 bridgehead atoms. The highest BCUT2D eigenvalue weighted by Crippen LogP contribution is 2.42. The van der Waals surface area contributed by atoms with Gasteiger partial charge in [-0.1, -0.05) is 18.2 Å². The Kier molecular flexibility index (Phi) is 2.80. The molecule has 0 amide bonds. The Hall–Kier alpha value is -1.23. The molecule has 1 aliphatic rings. The van der Waals surface area contributed by atoms with E-state index in [2.05, 4.69) is 4.74 Å². The van der Waals surface area contributed by atoms with Crippen LogP contribution in [0.25, 0.3) is 0 Å². The molecule has 1 aromatic rings. The van der Waals surface area contributed by atoms with E-state index in [0.29, 0.717) is 18.4 Å². The number of rotatable bonds is 2. The zero-order chi connectivity index (χ0) is 11.8. The van der Waals surface area contributed by atoms with Crippen LogP contribution in [0.5, 0.6) is 5.75 Å². The summed E-state index contributed by atoms with van der Waals surface area (Å²) >= 11 is 0. The molecule has 88 valence electrons. The number of aliphatic hydroxyl groups excluding tert-OH is 1. The summed E-state index contributed by atoms with van der Waals surface area (Å²) in [7, 11) is 0. The smallest absolute Gasteiger partial charge is 0.405 e. The molecule has 0 aromatic heterocycles. The van der Waals surface area contributed by atoms with Crippen LogP contribution in [-0.4, -0.2) is 17.6 Å². The van der Waals surface area contributed by atoms with Crippen molar-refractivity contribution in [3.8, 4) is 5.75 Å². The lowest BCUT2D eigenvalue weighted by Crippen LogP contribution is -2.27. The van der Waals surface area contributed by atoms with E-state index in [-0.39, 0.29) is 11.7 Å². The number of para-hydroxylation sites is 1. The molecule has 16 heavy (non-hydrogen) atoms. The quantitative estimate of drug-likeness (QED) is 0.849. The summed E-state index contributed by atoms with van der Waals surface area (Å²) in [5.41, 5.74) is 0.519. The summed E-state index contributed by atoms with van der Waals surface area (Å²) in [4.78, 5) is 0. The van der Waals surface area contributed by atoms with Crippen molar-refractivity contribution in [2.45, 2.75) is 31.2 Å². The summed E-state index contributed by atoms with van der Waals surface area (Å²) in [6, 6.07) is 6.08. The van der Waals surface area contributed by atoms with Gasteiger partial charge in [0, 0.05) is 0 Å². The van der Waals surface area contributed by atoms with Gasteiger partial charge in [0.05, 0.1) is 6.10 Å². The minimum Gasteiger partial charge on any atom is -0.405 e. The van der Waals surface area contributed by atoms with Gasteiger partial charge in [-0.3, -0.25) is 0 Å². The van der Waals surface area contributed by atoms with E-state index in [4.69, 9.17) is 5.11 Å². The SMILES string of the molecule is OC1CC(c2ccccc2OC(F)(F)F)C1. The van der Waals surface area contributed by atoms with Gasteiger partial charge in [-0.25, -0.2) is 0 Å². The van der Waals surface area contributed by atoms with Crippen LogP contribution >= 0.6 is 0 Å². The van der Waals surface area contributed by atoms with E-state index >= 15 is 0 Å². The number of aliphatic hydroxyl groups is 1. The third kappa shape index (κ3) is 2.47. The van der Waals surface area contributed by atoms with Crippen LogP contribution in [0.2, 0.25) is 0 Å². The van der Waals surface area contributed by atoms with Crippen molar-refractivity contribution in [2.75, 3.05) is 0 Å². The summed E-state index contributed by atoms with van der Waals surface area (Å²) in [6.07, 6.45) is -4.07. The predicted molar refractivity (Wildman–Crippen MR) is 51.1 cm³/mol. The largest absolute Gasteiger partial charge is 0.573 e.